The Hall–Kier alpha value is -3.00. The van der Waals surface area contributed by atoms with Gasteiger partial charge in [-0.3, -0.25) is 18.9 Å². The number of hydrogen-bond donors (Lipinski definition) is 3. The number of hydroxylamine groups is 1. The average Bonchev–Trinajstić information content (AvgIpc) is 3.21. The maximum absolute atomic E-state index is 13.4. The molecule has 1 unspecified atom stereocenters. The molecule has 0 radical (unpaired) electrons. The van der Waals surface area contributed by atoms with Crippen molar-refractivity contribution in [2.75, 3.05) is 20.8 Å². The molecule has 1 aliphatic rings. The molecule has 0 aliphatic carbocycles. The van der Waals surface area contributed by atoms with Crippen LogP contribution < -0.4 is 31.7 Å². The molecule has 2 heterocycles. The third kappa shape index (κ3) is 6.81. The highest BCUT2D eigenvalue weighted by atomic mass is 31.2. The Morgan fingerprint density at radius 1 is 1.28 bits per heavy atom. The van der Waals surface area contributed by atoms with Gasteiger partial charge in [0, 0.05) is 24.2 Å². The third-order valence-corrected chi connectivity index (χ3v) is 6.57. The Morgan fingerprint density at radius 2 is 1.94 bits per heavy atom. The van der Waals surface area contributed by atoms with Crippen LogP contribution in [0.1, 0.15) is 25.1 Å². The van der Waals surface area contributed by atoms with E-state index in [4.69, 9.17) is 33.6 Å². The van der Waals surface area contributed by atoms with Crippen LogP contribution in [0.4, 0.5) is 0 Å². The SMILES string of the molecule is CON[C@@H](C)C(=O)OP(=O)(OC[C@H]1O[C@@H](n2cc(C)c(=O)[nH]c2=O)C[C@@H]1N)Oc1ccc(OC)cc1. The molecule has 1 aliphatic heterocycles. The molecule has 0 saturated carbocycles. The molecule has 0 amide bonds. The predicted octanol–water partition coefficient (Wildman–Crippen LogP) is 0.755. The Balaban J connectivity index is 1.75. The number of nitrogens with two attached hydrogens (primary N) is 1. The van der Waals surface area contributed by atoms with E-state index in [9.17, 15) is 18.9 Å². The normalized spacial score (nSPS) is 22.0. The van der Waals surface area contributed by atoms with Gasteiger partial charge in [0.25, 0.3) is 5.56 Å². The summed E-state index contributed by atoms with van der Waals surface area (Å²) in [6.07, 6.45) is -0.0644. The van der Waals surface area contributed by atoms with Gasteiger partial charge >= 0.3 is 19.5 Å². The summed E-state index contributed by atoms with van der Waals surface area (Å²) in [5, 5.41) is 0. The Labute approximate surface area is 206 Å². The van der Waals surface area contributed by atoms with E-state index in [1.54, 1.807) is 19.1 Å². The van der Waals surface area contributed by atoms with Crippen LogP contribution >= 0.6 is 7.82 Å². The molecular formula is C21H29N4O10P. The van der Waals surface area contributed by atoms with E-state index >= 15 is 0 Å². The smallest absolute Gasteiger partial charge is 0.497 e. The highest BCUT2D eigenvalue weighted by Gasteiger charge is 2.40. The minimum Gasteiger partial charge on any atom is -0.497 e. The van der Waals surface area contributed by atoms with Gasteiger partial charge < -0.3 is 29.1 Å². The Morgan fingerprint density at radius 3 is 2.58 bits per heavy atom. The minimum absolute atomic E-state index is 0.0871. The molecule has 1 fully saturated rings. The number of aromatic nitrogens is 2. The number of carbonyl (C=O) groups excluding carboxylic acids is 1. The van der Waals surface area contributed by atoms with Crippen molar-refractivity contribution in [2.45, 2.75) is 44.7 Å². The fraction of sp³-hybridized carbons (Fsp3) is 0.476. The van der Waals surface area contributed by atoms with Crippen LogP contribution in [-0.4, -0.2) is 54.5 Å². The maximum atomic E-state index is 13.4. The molecule has 15 heteroatoms. The number of nitrogens with one attached hydrogen (secondary N) is 2. The van der Waals surface area contributed by atoms with Gasteiger partial charge in [0.2, 0.25) is 0 Å². The molecule has 1 aromatic heterocycles. The minimum atomic E-state index is -4.53. The van der Waals surface area contributed by atoms with Gasteiger partial charge in [-0.2, -0.15) is 5.48 Å². The second kappa shape index (κ2) is 11.8. The predicted molar refractivity (Wildman–Crippen MR) is 125 cm³/mol. The zero-order valence-electron chi connectivity index (χ0n) is 20.2. The van der Waals surface area contributed by atoms with Crippen LogP contribution in [0.25, 0.3) is 0 Å². The summed E-state index contributed by atoms with van der Waals surface area (Å²) in [5.74, 6) is -0.348. The highest BCUT2D eigenvalue weighted by molar-refractivity contribution is 7.49. The molecular weight excluding hydrogens is 499 g/mol. The van der Waals surface area contributed by atoms with Gasteiger partial charge in [0.05, 0.1) is 26.9 Å². The number of phosphoric ester groups is 1. The molecule has 4 N–H and O–H groups in total. The summed E-state index contributed by atoms with van der Waals surface area (Å²) < 4.78 is 41.5. The molecule has 1 aromatic carbocycles. The number of rotatable bonds is 11. The lowest BCUT2D eigenvalue weighted by Gasteiger charge is -2.22. The van der Waals surface area contributed by atoms with E-state index in [-0.39, 0.29) is 18.8 Å². The fourth-order valence-corrected chi connectivity index (χ4v) is 4.53. The zero-order valence-corrected chi connectivity index (χ0v) is 21.1. The van der Waals surface area contributed by atoms with Crippen LogP contribution in [0.15, 0.2) is 40.1 Å². The number of phosphoric acid groups is 1. The summed E-state index contributed by atoms with van der Waals surface area (Å²) in [6, 6.07) is 4.41. The number of aryl methyl sites for hydroxylation is 1. The first kappa shape index (κ1) is 27.6. The third-order valence-electron chi connectivity index (χ3n) is 5.26. The molecule has 198 valence electrons. The largest absolute Gasteiger partial charge is 0.589 e. The molecule has 14 nitrogen and oxygen atoms in total. The second-order valence-corrected chi connectivity index (χ2v) is 9.49. The maximum Gasteiger partial charge on any atom is 0.589 e. The highest BCUT2D eigenvalue weighted by Crippen LogP contribution is 2.50. The van der Waals surface area contributed by atoms with Gasteiger partial charge in [0.1, 0.15) is 23.8 Å². The first-order valence-corrected chi connectivity index (χ1v) is 12.3. The second-order valence-electron chi connectivity index (χ2n) is 7.97. The van der Waals surface area contributed by atoms with Gasteiger partial charge in [-0.05, 0) is 38.1 Å². The quantitative estimate of drug-likeness (QED) is 0.275. The lowest BCUT2D eigenvalue weighted by Crippen LogP contribution is -2.36. The molecule has 36 heavy (non-hydrogen) atoms. The molecule has 5 atom stereocenters. The number of benzene rings is 1. The molecule has 0 bridgehead atoms. The van der Waals surface area contributed by atoms with E-state index in [1.165, 1.54) is 44.0 Å². The lowest BCUT2D eigenvalue weighted by molar-refractivity contribution is -0.141. The number of nitrogens with zero attached hydrogens (tertiary/aromatic N) is 1. The topological polar surface area (TPSA) is 182 Å². The summed E-state index contributed by atoms with van der Waals surface area (Å²) in [4.78, 5) is 43.1. The van der Waals surface area contributed by atoms with Crippen molar-refractivity contribution in [1.29, 1.82) is 0 Å². The molecule has 2 aromatic rings. The van der Waals surface area contributed by atoms with Crippen LogP contribution in [0.2, 0.25) is 0 Å². The van der Waals surface area contributed by atoms with Crippen LogP contribution in [-0.2, 0) is 28.0 Å². The van der Waals surface area contributed by atoms with Crippen LogP contribution in [0, 0.1) is 6.92 Å². The molecule has 3 rings (SSSR count). The van der Waals surface area contributed by atoms with Crippen molar-refractivity contribution in [3.63, 3.8) is 0 Å². The summed E-state index contributed by atoms with van der Waals surface area (Å²) in [6.45, 7) is 2.58. The Kier molecular flexibility index (Phi) is 9.06. The van der Waals surface area contributed by atoms with Crippen LogP contribution in [0.5, 0.6) is 11.5 Å². The monoisotopic (exact) mass is 528 g/mol. The number of H-pyrrole nitrogens is 1. The van der Waals surface area contributed by atoms with Crippen molar-refractivity contribution < 1.29 is 37.2 Å². The number of hydrogen-bond acceptors (Lipinski definition) is 12. The van der Waals surface area contributed by atoms with E-state index in [0.717, 1.165) is 0 Å². The fourth-order valence-electron chi connectivity index (χ4n) is 3.30. The van der Waals surface area contributed by atoms with Gasteiger partial charge in [-0.25, -0.2) is 14.2 Å². The lowest BCUT2D eigenvalue weighted by atomic mass is 10.1. The summed E-state index contributed by atoms with van der Waals surface area (Å²) in [7, 11) is -1.74. The number of aromatic amines is 1. The van der Waals surface area contributed by atoms with E-state index in [0.29, 0.717) is 11.3 Å². The van der Waals surface area contributed by atoms with Crippen molar-refractivity contribution in [3.8, 4) is 11.5 Å². The van der Waals surface area contributed by atoms with Crippen molar-refractivity contribution in [3.05, 3.63) is 56.9 Å². The van der Waals surface area contributed by atoms with Gasteiger partial charge in [0.15, 0.2) is 0 Å². The van der Waals surface area contributed by atoms with E-state index in [2.05, 4.69) is 10.5 Å². The summed E-state index contributed by atoms with van der Waals surface area (Å²) >= 11 is 0. The van der Waals surface area contributed by atoms with Crippen molar-refractivity contribution >= 4 is 13.8 Å². The van der Waals surface area contributed by atoms with Crippen molar-refractivity contribution in [1.82, 2.24) is 15.0 Å². The molecule has 0 spiro atoms. The standard InChI is InChI=1S/C21H29N4O10P/c1-12-10-25(21(28)23-19(12)26)18-9-16(22)17(33-18)11-32-36(29,35-20(27)13(2)24-31-4)34-15-7-5-14(30-3)6-8-15/h5-8,10,13,16-18,24H,9,11,22H2,1-4H3,(H,23,26,28)/t13-,16-,17+,18+,36?/m0/s1. The summed E-state index contributed by atoms with van der Waals surface area (Å²) in [5.41, 5.74) is 7.67. The van der Waals surface area contributed by atoms with Gasteiger partial charge in [-0.15, -0.1) is 0 Å². The first-order valence-electron chi connectivity index (χ1n) is 10.9. The molecule has 1 saturated heterocycles. The zero-order chi connectivity index (χ0) is 26.5. The average molecular weight is 528 g/mol. The van der Waals surface area contributed by atoms with E-state index < -0.39 is 49.5 Å². The first-order chi connectivity index (χ1) is 17.0. The number of ether oxygens (including phenoxy) is 2. The van der Waals surface area contributed by atoms with E-state index in [1.807, 2.05) is 0 Å². The Bertz CT molecular complexity index is 1210. The number of methoxy groups -OCH3 is 1. The van der Waals surface area contributed by atoms with Crippen molar-refractivity contribution in [2.24, 2.45) is 5.73 Å². The number of carbonyl (C=O) groups is 1. The van der Waals surface area contributed by atoms with Crippen LogP contribution in [0.3, 0.4) is 0 Å². The van der Waals surface area contributed by atoms with Gasteiger partial charge in [-0.1, -0.05) is 0 Å².